The molecule has 100 valence electrons. The first kappa shape index (κ1) is 14.2. The second kappa shape index (κ2) is 7.39. The normalized spacial score (nSPS) is 18.1. The predicted octanol–water partition coefficient (Wildman–Crippen LogP) is 3.07. The third-order valence-electron chi connectivity index (χ3n) is 3.30. The van der Waals surface area contributed by atoms with Gasteiger partial charge in [0.1, 0.15) is 0 Å². The Balaban J connectivity index is 1.60. The SMILES string of the molecule is CN1CCN(CCCSc2ccc(Cl)cc2)CC1. The van der Waals surface area contributed by atoms with E-state index in [0.29, 0.717) is 0 Å². The number of hydrogen-bond acceptors (Lipinski definition) is 3. The van der Waals surface area contributed by atoms with Crippen LogP contribution in [0.1, 0.15) is 6.42 Å². The summed E-state index contributed by atoms with van der Waals surface area (Å²) in [5.74, 6) is 1.19. The molecule has 1 aliphatic heterocycles. The highest BCUT2D eigenvalue weighted by Gasteiger charge is 2.12. The number of benzene rings is 1. The zero-order valence-electron chi connectivity index (χ0n) is 10.9. The Morgan fingerprint density at radius 2 is 1.78 bits per heavy atom. The Hall–Kier alpha value is -0.220. The maximum absolute atomic E-state index is 5.87. The van der Waals surface area contributed by atoms with Crippen LogP contribution >= 0.6 is 23.4 Å². The molecule has 1 aromatic rings. The quantitative estimate of drug-likeness (QED) is 0.606. The van der Waals surface area contributed by atoms with Gasteiger partial charge in [0.05, 0.1) is 0 Å². The molecule has 1 fully saturated rings. The lowest BCUT2D eigenvalue weighted by Gasteiger charge is -2.32. The van der Waals surface area contributed by atoms with Crippen LogP contribution in [0, 0.1) is 0 Å². The molecule has 0 saturated carbocycles. The molecular formula is C14H21ClN2S. The number of hydrogen-bond donors (Lipinski definition) is 0. The molecule has 1 saturated heterocycles. The van der Waals surface area contributed by atoms with Crippen LogP contribution in [0.15, 0.2) is 29.2 Å². The van der Waals surface area contributed by atoms with Crippen molar-refractivity contribution in [3.05, 3.63) is 29.3 Å². The summed E-state index contributed by atoms with van der Waals surface area (Å²) in [6, 6.07) is 8.13. The van der Waals surface area contributed by atoms with Gasteiger partial charge in [0, 0.05) is 36.1 Å². The van der Waals surface area contributed by atoms with E-state index in [1.165, 1.54) is 49.8 Å². The van der Waals surface area contributed by atoms with Crippen molar-refractivity contribution in [3.63, 3.8) is 0 Å². The van der Waals surface area contributed by atoms with E-state index in [4.69, 9.17) is 11.6 Å². The number of likely N-dealkylation sites (N-methyl/N-ethyl adjacent to an activating group) is 1. The average Bonchev–Trinajstić information content (AvgIpc) is 2.39. The molecule has 1 aliphatic rings. The van der Waals surface area contributed by atoms with Crippen LogP contribution in [0.3, 0.4) is 0 Å². The second-order valence-corrected chi connectivity index (χ2v) is 6.41. The molecule has 0 bridgehead atoms. The minimum absolute atomic E-state index is 0.816. The van der Waals surface area contributed by atoms with Gasteiger partial charge in [-0.15, -0.1) is 11.8 Å². The van der Waals surface area contributed by atoms with Gasteiger partial charge in [-0.2, -0.15) is 0 Å². The molecule has 0 spiro atoms. The minimum atomic E-state index is 0.816. The van der Waals surface area contributed by atoms with Crippen molar-refractivity contribution in [2.45, 2.75) is 11.3 Å². The van der Waals surface area contributed by atoms with Crippen molar-refractivity contribution in [3.8, 4) is 0 Å². The topological polar surface area (TPSA) is 6.48 Å². The van der Waals surface area contributed by atoms with Gasteiger partial charge in [-0.3, -0.25) is 0 Å². The first-order chi connectivity index (χ1) is 8.74. The summed E-state index contributed by atoms with van der Waals surface area (Å²) in [6.07, 6.45) is 1.26. The largest absolute Gasteiger partial charge is 0.304 e. The molecule has 1 aromatic carbocycles. The van der Waals surface area contributed by atoms with Crippen LogP contribution in [0.25, 0.3) is 0 Å². The Kier molecular flexibility index (Phi) is 5.83. The summed E-state index contributed by atoms with van der Waals surface area (Å²) in [5.41, 5.74) is 0. The monoisotopic (exact) mass is 284 g/mol. The first-order valence-electron chi connectivity index (χ1n) is 6.53. The summed E-state index contributed by atoms with van der Waals surface area (Å²) in [6.45, 7) is 6.10. The fourth-order valence-electron chi connectivity index (χ4n) is 2.08. The van der Waals surface area contributed by atoms with E-state index >= 15 is 0 Å². The highest BCUT2D eigenvalue weighted by Crippen LogP contribution is 2.21. The van der Waals surface area contributed by atoms with Crippen molar-refractivity contribution < 1.29 is 0 Å². The zero-order chi connectivity index (χ0) is 12.8. The van der Waals surface area contributed by atoms with Gasteiger partial charge < -0.3 is 9.80 Å². The number of nitrogens with zero attached hydrogens (tertiary/aromatic N) is 2. The molecule has 0 aromatic heterocycles. The standard InChI is InChI=1S/C14H21ClN2S/c1-16-8-10-17(11-9-16)7-2-12-18-14-5-3-13(15)4-6-14/h3-6H,2,7-12H2,1H3. The fraction of sp³-hybridized carbons (Fsp3) is 0.571. The number of thioether (sulfide) groups is 1. The van der Waals surface area contributed by atoms with Crippen LogP contribution < -0.4 is 0 Å². The molecule has 0 aliphatic carbocycles. The Labute approximate surface area is 119 Å². The van der Waals surface area contributed by atoms with E-state index < -0.39 is 0 Å². The molecule has 18 heavy (non-hydrogen) atoms. The Bertz CT molecular complexity index is 347. The zero-order valence-corrected chi connectivity index (χ0v) is 12.5. The summed E-state index contributed by atoms with van der Waals surface area (Å²) in [5, 5.41) is 0.816. The lowest BCUT2D eigenvalue weighted by Crippen LogP contribution is -2.44. The summed E-state index contributed by atoms with van der Waals surface area (Å²) < 4.78 is 0. The van der Waals surface area contributed by atoms with E-state index in [9.17, 15) is 0 Å². The predicted molar refractivity (Wildman–Crippen MR) is 80.7 cm³/mol. The Morgan fingerprint density at radius 1 is 1.11 bits per heavy atom. The average molecular weight is 285 g/mol. The first-order valence-corrected chi connectivity index (χ1v) is 7.90. The molecule has 0 amide bonds. The lowest BCUT2D eigenvalue weighted by atomic mass is 10.3. The molecule has 2 rings (SSSR count). The third-order valence-corrected chi connectivity index (χ3v) is 4.65. The number of rotatable bonds is 5. The van der Waals surface area contributed by atoms with Crippen LogP contribution in [0.2, 0.25) is 5.02 Å². The minimum Gasteiger partial charge on any atom is -0.304 e. The van der Waals surface area contributed by atoms with Crippen LogP contribution in [0.4, 0.5) is 0 Å². The van der Waals surface area contributed by atoms with Crippen LogP contribution in [-0.2, 0) is 0 Å². The molecule has 0 unspecified atom stereocenters. The highest BCUT2D eigenvalue weighted by atomic mass is 35.5. The van der Waals surface area contributed by atoms with Gasteiger partial charge in [-0.1, -0.05) is 11.6 Å². The molecule has 0 N–H and O–H groups in total. The van der Waals surface area contributed by atoms with Crippen LogP contribution in [-0.4, -0.2) is 55.3 Å². The van der Waals surface area contributed by atoms with Gasteiger partial charge in [0.15, 0.2) is 0 Å². The fourth-order valence-corrected chi connectivity index (χ4v) is 3.04. The molecule has 4 heteroatoms. The van der Waals surface area contributed by atoms with Crippen molar-refractivity contribution in [1.29, 1.82) is 0 Å². The number of halogens is 1. The highest BCUT2D eigenvalue weighted by molar-refractivity contribution is 7.99. The van der Waals surface area contributed by atoms with E-state index in [1.807, 2.05) is 23.9 Å². The van der Waals surface area contributed by atoms with Gasteiger partial charge >= 0.3 is 0 Å². The molecule has 1 heterocycles. The maximum Gasteiger partial charge on any atom is 0.0406 e. The van der Waals surface area contributed by atoms with E-state index in [1.54, 1.807) is 0 Å². The Morgan fingerprint density at radius 3 is 2.44 bits per heavy atom. The number of piperazine rings is 1. The van der Waals surface area contributed by atoms with E-state index in [2.05, 4.69) is 29.0 Å². The molecule has 0 radical (unpaired) electrons. The van der Waals surface area contributed by atoms with E-state index in [0.717, 1.165) is 5.02 Å². The summed E-state index contributed by atoms with van der Waals surface area (Å²) in [4.78, 5) is 6.29. The van der Waals surface area contributed by atoms with Gasteiger partial charge in [-0.05, 0) is 50.0 Å². The second-order valence-electron chi connectivity index (χ2n) is 4.80. The van der Waals surface area contributed by atoms with Gasteiger partial charge in [0.2, 0.25) is 0 Å². The maximum atomic E-state index is 5.87. The van der Waals surface area contributed by atoms with Crippen LogP contribution in [0.5, 0.6) is 0 Å². The van der Waals surface area contributed by atoms with Gasteiger partial charge in [0.25, 0.3) is 0 Å². The van der Waals surface area contributed by atoms with Gasteiger partial charge in [-0.25, -0.2) is 0 Å². The van der Waals surface area contributed by atoms with Crippen molar-refractivity contribution in [2.24, 2.45) is 0 Å². The van der Waals surface area contributed by atoms with Crippen molar-refractivity contribution in [2.75, 3.05) is 45.5 Å². The third kappa shape index (κ3) is 4.81. The van der Waals surface area contributed by atoms with Crippen molar-refractivity contribution >= 4 is 23.4 Å². The smallest absolute Gasteiger partial charge is 0.0406 e. The summed E-state index contributed by atoms with van der Waals surface area (Å²) in [7, 11) is 2.20. The van der Waals surface area contributed by atoms with Crippen molar-refractivity contribution in [1.82, 2.24) is 9.80 Å². The summed E-state index contributed by atoms with van der Waals surface area (Å²) >= 11 is 7.79. The molecule has 0 atom stereocenters. The molecular weight excluding hydrogens is 264 g/mol. The molecule has 2 nitrogen and oxygen atoms in total. The lowest BCUT2D eigenvalue weighted by molar-refractivity contribution is 0.154. The van der Waals surface area contributed by atoms with E-state index in [-0.39, 0.29) is 0 Å².